The van der Waals surface area contributed by atoms with Crippen LogP contribution < -0.4 is 5.32 Å². The standard InChI is InChI=1S/C14H12Cl2N4.C2HF3O2/c15-10-3-8(7-4-18-19-5-7)12-9-6-17-2-1-11(9)20-14(12)13(10)16;3-2(4,5)1(6)7/h3-5,17,20H,1-2,6H2,(H,18,19);(H,6,7). The maximum Gasteiger partial charge on any atom is 0.490 e. The molecule has 4 N–H and O–H groups in total. The van der Waals surface area contributed by atoms with Gasteiger partial charge >= 0.3 is 12.1 Å². The Morgan fingerprint density at radius 2 is 2.00 bits per heavy atom. The van der Waals surface area contributed by atoms with Gasteiger partial charge in [-0.25, -0.2) is 4.79 Å². The van der Waals surface area contributed by atoms with E-state index in [-0.39, 0.29) is 0 Å². The van der Waals surface area contributed by atoms with Gasteiger partial charge in [0.1, 0.15) is 0 Å². The van der Waals surface area contributed by atoms with Crippen molar-refractivity contribution in [2.75, 3.05) is 6.54 Å². The number of rotatable bonds is 1. The number of nitrogens with one attached hydrogen (secondary N) is 3. The first-order valence-corrected chi connectivity index (χ1v) is 8.47. The molecular formula is C16H13Cl2F3N4O2. The molecule has 2 aromatic heterocycles. The normalized spacial score (nSPS) is 13.8. The van der Waals surface area contributed by atoms with Crippen molar-refractivity contribution in [2.24, 2.45) is 0 Å². The number of aromatic nitrogens is 3. The fourth-order valence-corrected chi connectivity index (χ4v) is 3.30. The van der Waals surface area contributed by atoms with Crippen LogP contribution in [0, 0.1) is 0 Å². The number of nitrogens with zero attached hydrogens (tertiary/aromatic N) is 1. The van der Waals surface area contributed by atoms with Gasteiger partial charge in [0.2, 0.25) is 0 Å². The van der Waals surface area contributed by atoms with Gasteiger partial charge in [-0.2, -0.15) is 18.3 Å². The second-order valence-corrected chi connectivity index (χ2v) is 6.55. The van der Waals surface area contributed by atoms with Crippen molar-refractivity contribution in [3.63, 3.8) is 0 Å². The summed E-state index contributed by atoms with van der Waals surface area (Å²) in [5, 5.41) is 19.7. The largest absolute Gasteiger partial charge is 0.490 e. The average molecular weight is 421 g/mol. The van der Waals surface area contributed by atoms with Crippen LogP contribution in [0.25, 0.3) is 22.0 Å². The highest BCUT2D eigenvalue weighted by atomic mass is 35.5. The van der Waals surface area contributed by atoms with Gasteiger partial charge in [-0.3, -0.25) is 5.10 Å². The van der Waals surface area contributed by atoms with Gasteiger partial charge in [-0.05, 0) is 17.2 Å². The fraction of sp³-hybridized carbons (Fsp3) is 0.250. The Labute approximate surface area is 160 Å². The Bertz CT molecular complexity index is 984. The van der Waals surface area contributed by atoms with E-state index in [1.807, 2.05) is 12.3 Å². The van der Waals surface area contributed by atoms with Crippen LogP contribution >= 0.6 is 23.2 Å². The van der Waals surface area contributed by atoms with E-state index in [9.17, 15) is 13.2 Å². The molecule has 27 heavy (non-hydrogen) atoms. The zero-order chi connectivity index (χ0) is 19.8. The van der Waals surface area contributed by atoms with Gasteiger partial charge in [0.05, 0.1) is 21.8 Å². The summed E-state index contributed by atoms with van der Waals surface area (Å²) < 4.78 is 31.7. The second kappa shape index (κ2) is 7.41. The molecule has 0 bridgehead atoms. The number of carboxylic acid groups (broad SMARTS) is 1. The Hall–Kier alpha value is -2.23. The van der Waals surface area contributed by atoms with E-state index in [1.54, 1.807) is 6.20 Å². The van der Waals surface area contributed by atoms with Crippen LogP contribution in [-0.4, -0.2) is 39.0 Å². The van der Waals surface area contributed by atoms with Gasteiger partial charge in [0, 0.05) is 42.4 Å². The van der Waals surface area contributed by atoms with Crippen molar-refractivity contribution in [3.8, 4) is 11.1 Å². The van der Waals surface area contributed by atoms with E-state index < -0.39 is 12.1 Å². The van der Waals surface area contributed by atoms with Crippen LogP contribution in [0.15, 0.2) is 18.5 Å². The molecule has 1 aliphatic heterocycles. The molecule has 0 aliphatic carbocycles. The maximum atomic E-state index is 10.6. The summed E-state index contributed by atoms with van der Waals surface area (Å²) in [7, 11) is 0. The Kier molecular flexibility index (Phi) is 5.36. The predicted molar refractivity (Wildman–Crippen MR) is 95.0 cm³/mol. The molecule has 0 amide bonds. The Morgan fingerprint density at radius 3 is 2.59 bits per heavy atom. The maximum absolute atomic E-state index is 10.6. The molecule has 0 fully saturated rings. The summed E-state index contributed by atoms with van der Waals surface area (Å²) in [5.74, 6) is -2.76. The molecule has 144 valence electrons. The molecule has 0 radical (unpaired) electrons. The van der Waals surface area contributed by atoms with E-state index in [1.165, 1.54) is 11.3 Å². The van der Waals surface area contributed by atoms with Crippen molar-refractivity contribution in [1.82, 2.24) is 20.5 Å². The Balaban J connectivity index is 0.000000260. The lowest BCUT2D eigenvalue weighted by Gasteiger charge is -2.13. The quantitative estimate of drug-likeness (QED) is 0.475. The van der Waals surface area contributed by atoms with Crippen molar-refractivity contribution in [3.05, 3.63) is 39.8 Å². The molecule has 1 aliphatic rings. The monoisotopic (exact) mass is 420 g/mol. The van der Waals surface area contributed by atoms with Gasteiger partial charge in [-0.1, -0.05) is 23.2 Å². The van der Waals surface area contributed by atoms with Crippen LogP contribution in [-0.2, 0) is 17.8 Å². The molecule has 4 rings (SSSR count). The van der Waals surface area contributed by atoms with Crippen LogP contribution in [0.2, 0.25) is 10.0 Å². The molecule has 3 heterocycles. The molecule has 0 unspecified atom stereocenters. The number of benzene rings is 1. The third-order valence-electron chi connectivity index (χ3n) is 4.07. The lowest BCUT2D eigenvalue weighted by Crippen LogP contribution is -2.22. The van der Waals surface area contributed by atoms with Gasteiger partial charge in [0.15, 0.2) is 0 Å². The van der Waals surface area contributed by atoms with E-state index in [2.05, 4.69) is 20.5 Å². The highest BCUT2D eigenvalue weighted by Crippen LogP contribution is 2.41. The van der Waals surface area contributed by atoms with Crippen LogP contribution in [0.1, 0.15) is 11.3 Å². The molecular weight excluding hydrogens is 408 g/mol. The molecule has 0 atom stereocenters. The second-order valence-electron chi connectivity index (χ2n) is 5.77. The van der Waals surface area contributed by atoms with E-state index >= 15 is 0 Å². The highest BCUT2D eigenvalue weighted by molar-refractivity contribution is 6.45. The summed E-state index contributed by atoms with van der Waals surface area (Å²) in [5.41, 5.74) is 5.52. The number of carboxylic acids is 1. The minimum absolute atomic E-state index is 0.557. The summed E-state index contributed by atoms with van der Waals surface area (Å²) >= 11 is 12.6. The molecule has 0 spiro atoms. The number of halogens is 5. The Morgan fingerprint density at radius 1 is 1.30 bits per heavy atom. The first kappa shape index (κ1) is 19.5. The smallest absolute Gasteiger partial charge is 0.475 e. The number of aromatic amines is 2. The van der Waals surface area contributed by atoms with E-state index in [0.717, 1.165) is 41.5 Å². The van der Waals surface area contributed by atoms with Gasteiger partial charge < -0.3 is 15.4 Å². The van der Waals surface area contributed by atoms with E-state index in [4.69, 9.17) is 33.1 Å². The zero-order valence-electron chi connectivity index (χ0n) is 13.5. The van der Waals surface area contributed by atoms with Crippen LogP contribution in [0.3, 0.4) is 0 Å². The SMILES string of the molecule is Clc1cc(-c2cn[nH]c2)c2c3c([nH]c2c1Cl)CCNC3.O=C(O)C(F)(F)F. The highest BCUT2D eigenvalue weighted by Gasteiger charge is 2.38. The molecule has 0 saturated carbocycles. The minimum atomic E-state index is -5.08. The van der Waals surface area contributed by atoms with Crippen molar-refractivity contribution >= 4 is 40.1 Å². The first-order valence-electron chi connectivity index (χ1n) is 7.71. The topological polar surface area (TPSA) is 93.8 Å². The molecule has 3 aromatic rings. The number of carbonyl (C=O) groups is 1. The number of alkyl halides is 3. The van der Waals surface area contributed by atoms with Crippen LogP contribution in [0.4, 0.5) is 13.2 Å². The third kappa shape index (κ3) is 3.90. The van der Waals surface area contributed by atoms with E-state index in [0.29, 0.717) is 10.0 Å². The summed E-state index contributed by atoms with van der Waals surface area (Å²) in [4.78, 5) is 12.3. The number of hydrogen-bond donors (Lipinski definition) is 4. The van der Waals surface area contributed by atoms with Crippen LogP contribution in [0.5, 0.6) is 0 Å². The predicted octanol–water partition coefficient (Wildman–Crippen LogP) is 4.14. The summed E-state index contributed by atoms with van der Waals surface area (Å²) in [6.45, 7) is 1.82. The van der Waals surface area contributed by atoms with Gasteiger partial charge in [0.25, 0.3) is 0 Å². The summed E-state index contributed by atoms with van der Waals surface area (Å²) in [6, 6.07) is 1.92. The summed E-state index contributed by atoms with van der Waals surface area (Å²) in [6.07, 6.45) is -0.438. The molecule has 6 nitrogen and oxygen atoms in total. The molecule has 0 saturated heterocycles. The average Bonchev–Trinajstić information content (AvgIpc) is 3.26. The zero-order valence-corrected chi connectivity index (χ0v) is 15.1. The van der Waals surface area contributed by atoms with Gasteiger partial charge in [-0.15, -0.1) is 0 Å². The van der Waals surface area contributed by atoms with Crippen molar-refractivity contribution < 1.29 is 23.1 Å². The fourth-order valence-electron chi connectivity index (χ4n) is 2.90. The number of aliphatic carboxylic acids is 1. The lowest BCUT2D eigenvalue weighted by atomic mass is 9.98. The molecule has 1 aromatic carbocycles. The lowest BCUT2D eigenvalue weighted by molar-refractivity contribution is -0.192. The number of fused-ring (bicyclic) bond motifs is 3. The number of hydrogen-bond acceptors (Lipinski definition) is 3. The van der Waals surface area contributed by atoms with Crippen molar-refractivity contribution in [2.45, 2.75) is 19.1 Å². The number of H-pyrrole nitrogens is 2. The third-order valence-corrected chi connectivity index (χ3v) is 4.85. The first-order chi connectivity index (χ1) is 12.7. The molecule has 11 heteroatoms. The minimum Gasteiger partial charge on any atom is -0.475 e. The van der Waals surface area contributed by atoms with Crippen molar-refractivity contribution in [1.29, 1.82) is 0 Å².